The Kier molecular flexibility index (Phi) is 5.30. The van der Waals surface area contributed by atoms with E-state index in [9.17, 15) is 14.4 Å². The average Bonchev–Trinajstić information content (AvgIpc) is 2.54. The van der Waals surface area contributed by atoms with Crippen molar-refractivity contribution >= 4 is 23.9 Å². The predicted octanol–water partition coefficient (Wildman–Crippen LogP) is 2.12. The van der Waals surface area contributed by atoms with Gasteiger partial charge in [-0.15, -0.1) is 6.58 Å². The number of hydrogen-bond donors (Lipinski definition) is 1. The van der Waals surface area contributed by atoms with E-state index in [0.717, 1.165) is 17.1 Å². The van der Waals surface area contributed by atoms with Crippen molar-refractivity contribution in [3.8, 4) is 5.75 Å². The molecule has 0 unspecified atom stereocenters. The van der Waals surface area contributed by atoms with E-state index >= 15 is 0 Å². The van der Waals surface area contributed by atoms with Gasteiger partial charge in [0.1, 0.15) is 11.3 Å². The van der Waals surface area contributed by atoms with Crippen molar-refractivity contribution in [2.45, 2.75) is 13.3 Å². The fourth-order valence-electron chi connectivity index (χ4n) is 2.04. The summed E-state index contributed by atoms with van der Waals surface area (Å²) < 4.78 is 5.47. The van der Waals surface area contributed by atoms with Crippen molar-refractivity contribution in [2.75, 3.05) is 13.2 Å². The Balaban J connectivity index is 2.22. The van der Waals surface area contributed by atoms with E-state index in [1.165, 1.54) is 12.2 Å². The maximum absolute atomic E-state index is 12.3. The van der Waals surface area contributed by atoms with Gasteiger partial charge in [0.05, 0.1) is 6.61 Å². The molecule has 0 radical (unpaired) electrons. The maximum Gasteiger partial charge on any atom is 0.331 e. The normalized spacial score (nSPS) is 16.5. The molecule has 2 rings (SSSR count). The van der Waals surface area contributed by atoms with Crippen LogP contribution in [0.25, 0.3) is 6.08 Å². The second-order valence-corrected chi connectivity index (χ2v) is 4.94. The van der Waals surface area contributed by atoms with Gasteiger partial charge in [-0.25, -0.2) is 4.79 Å². The summed E-state index contributed by atoms with van der Waals surface area (Å²) >= 11 is 0. The fraction of sp³-hybridized carbons (Fsp3) is 0.235. The summed E-state index contributed by atoms with van der Waals surface area (Å²) in [6.07, 6.45) is 3.78. The molecule has 4 amide bonds. The molecule has 0 spiro atoms. The molecular formula is C17H18N2O4. The Morgan fingerprint density at radius 3 is 2.52 bits per heavy atom. The van der Waals surface area contributed by atoms with Crippen molar-refractivity contribution in [3.63, 3.8) is 0 Å². The Morgan fingerprint density at radius 2 is 1.91 bits per heavy atom. The number of hydrogen-bond acceptors (Lipinski definition) is 4. The number of ether oxygens (including phenoxy) is 1. The lowest BCUT2D eigenvalue weighted by Gasteiger charge is -2.25. The van der Waals surface area contributed by atoms with Crippen LogP contribution in [-0.2, 0) is 9.59 Å². The minimum absolute atomic E-state index is 0.0408. The SMILES string of the molecule is C=CCN1C(=O)NC(=O)/C(=C/c2ccc(OCCC)cc2)C1=O. The molecule has 1 saturated heterocycles. The van der Waals surface area contributed by atoms with Gasteiger partial charge < -0.3 is 4.74 Å². The number of rotatable bonds is 6. The number of amides is 4. The number of carbonyl (C=O) groups is 3. The highest BCUT2D eigenvalue weighted by Crippen LogP contribution is 2.17. The van der Waals surface area contributed by atoms with Gasteiger partial charge in [-0.1, -0.05) is 25.1 Å². The number of imide groups is 2. The fourth-order valence-corrected chi connectivity index (χ4v) is 2.04. The van der Waals surface area contributed by atoms with E-state index in [0.29, 0.717) is 12.2 Å². The van der Waals surface area contributed by atoms with Crippen LogP contribution in [-0.4, -0.2) is 35.9 Å². The maximum atomic E-state index is 12.3. The van der Waals surface area contributed by atoms with Crippen LogP contribution in [0.4, 0.5) is 4.79 Å². The molecule has 1 fully saturated rings. The zero-order valence-electron chi connectivity index (χ0n) is 12.9. The lowest BCUT2D eigenvalue weighted by molar-refractivity contribution is -0.129. The van der Waals surface area contributed by atoms with Gasteiger partial charge in [-0.2, -0.15) is 0 Å². The Morgan fingerprint density at radius 1 is 1.22 bits per heavy atom. The number of nitrogens with zero attached hydrogens (tertiary/aromatic N) is 1. The number of benzene rings is 1. The molecule has 0 bridgehead atoms. The highest BCUT2D eigenvalue weighted by atomic mass is 16.5. The minimum Gasteiger partial charge on any atom is -0.494 e. The van der Waals surface area contributed by atoms with E-state index < -0.39 is 17.8 Å². The number of nitrogens with one attached hydrogen (secondary N) is 1. The van der Waals surface area contributed by atoms with Crippen LogP contribution in [0.2, 0.25) is 0 Å². The van der Waals surface area contributed by atoms with Crippen molar-refractivity contribution in [3.05, 3.63) is 48.1 Å². The minimum atomic E-state index is -0.736. The van der Waals surface area contributed by atoms with Gasteiger partial charge in [0, 0.05) is 6.54 Å². The molecule has 1 aromatic carbocycles. The average molecular weight is 314 g/mol. The lowest BCUT2D eigenvalue weighted by Crippen LogP contribution is -2.54. The molecule has 1 heterocycles. The molecule has 0 saturated carbocycles. The summed E-state index contributed by atoms with van der Waals surface area (Å²) in [6.45, 7) is 6.18. The van der Waals surface area contributed by atoms with Gasteiger partial charge in [0.15, 0.2) is 0 Å². The van der Waals surface area contributed by atoms with E-state index in [4.69, 9.17) is 4.74 Å². The third-order valence-corrected chi connectivity index (χ3v) is 3.16. The number of urea groups is 1. The molecule has 23 heavy (non-hydrogen) atoms. The first-order valence-electron chi connectivity index (χ1n) is 7.29. The summed E-state index contributed by atoms with van der Waals surface area (Å²) in [4.78, 5) is 36.7. The van der Waals surface area contributed by atoms with Crippen LogP contribution in [0.15, 0.2) is 42.5 Å². The third kappa shape index (κ3) is 3.85. The monoisotopic (exact) mass is 314 g/mol. The summed E-state index contributed by atoms with van der Waals surface area (Å²) in [5.41, 5.74) is 0.578. The highest BCUT2D eigenvalue weighted by Gasteiger charge is 2.34. The van der Waals surface area contributed by atoms with Crippen molar-refractivity contribution in [2.24, 2.45) is 0 Å². The van der Waals surface area contributed by atoms with E-state index in [1.807, 2.05) is 6.92 Å². The lowest BCUT2D eigenvalue weighted by atomic mass is 10.1. The molecular weight excluding hydrogens is 296 g/mol. The van der Waals surface area contributed by atoms with Gasteiger partial charge >= 0.3 is 6.03 Å². The second-order valence-electron chi connectivity index (χ2n) is 4.94. The van der Waals surface area contributed by atoms with Gasteiger partial charge in [0.25, 0.3) is 11.8 Å². The quantitative estimate of drug-likeness (QED) is 0.496. The molecule has 0 atom stereocenters. The molecule has 1 N–H and O–H groups in total. The molecule has 0 aliphatic carbocycles. The van der Waals surface area contributed by atoms with Gasteiger partial charge in [0.2, 0.25) is 0 Å². The molecule has 1 aliphatic heterocycles. The van der Waals surface area contributed by atoms with E-state index in [1.54, 1.807) is 24.3 Å². The first-order valence-corrected chi connectivity index (χ1v) is 7.29. The molecule has 120 valence electrons. The zero-order valence-corrected chi connectivity index (χ0v) is 12.9. The molecule has 0 aromatic heterocycles. The Labute approximate surface area is 134 Å². The number of barbiturate groups is 1. The molecule has 6 nitrogen and oxygen atoms in total. The van der Waals surface area contributed by atoms with Crippen molar-refractivity contribution in [1.29, 1.82) is 0 Å². The third-order valence-electron chi connectivity index (χ3n) is 3.16. The standard InChI is InChI=1S/C17H18N2O4/c1-3-9-19-16(21)14(15(20)18-17(19)22)11-12-5-7-13(8-6-12)23-10-4-2/h3,5-8,11H,1,4,9-10H2,2H3,(H,18,20,22)/b14-11-. The Hall–Kier alpha value is -2.89. The zero-order chi connectivity index (χ0) is 16.8. The summed E-state index contributed by atoms with van der Waals surface area (Å²) in [5.74, 6) is -0.617. The second kappa shape index (κ2) is 7.40. The summed E-state index contributed by atoms with van der Waals surface area (Å²) in [6, 6.07) is 6.28. The topological polar surface area (TPSA) is 75.7 Å². The van der Waals surface area contributed by atoms with Crippen LogP contribution in [0, 0.1) is 0 Å². The molecule has 1 aromatic rings. The van der Waals surface area contributed by atoms with Crippen LogP contribution < -0.4 is 10.1 Å². The van der Waals surface area contributed by atoms with Crippen LogP contribution in [0.5, 0.6) is 5.75 Å². The number of carbonyl (C=O) groups excluding carboxylic acids is 3. The summed E-state index contributed by atoms with van der Waals surface area (Å²) in [7, 11) is 0. The van der Waals surface area contributed by atoms with E-state index in [-0.39, 0.29) is 12.1 Å². The van der Waals surface area contributed by atoms with Crippen LogP contribution in [0.3, 0.4) is 0 Å². The smallest absolute Gasteiger partial charge is 0.331 e. The molecule has 6 heteroatoms. The first kappa shape index (κ1) is 16.5. The van der Waals surface area contributed by atoms with Crippen molar-refractivity contribution in [1.82, 2.24) is 10.2 Å². The highest BCUT2D eigenvalue weighted by molar-refractivity contribution is 6.31. The first-order chi connectivity index (χ1) is 11.1. The molecule has 1 aliphatic rings. The predicted molar refractivity (Wildman–Crippen MR) is 85.7 cm³/mol. The Bertz CT molecular complexity index is 662. The van der Waals surface area contributed by atoms with Gasteiger partial charge in [-0.3, -0.25) is 19.8 Å². The van der Waals surface area contributed by atoms with E-state index in [2.05, 4.69) is 11.9 Å². The van der Waals surface area contributed by atoms with Crippen molar-refractivity contribution < 1.29 is 19.1 Å². The largest absolute Gasteiger partial charge is 0.494 e. The van der Waals surface area contributed by atoms with Gasteiger partial charge in [-0.05, 0) is 30.2 Å². The summed E-state index contributed by atoms with van der Waals surface area (Å²) in [5, 5.41) is 2.14. The van der Waals surface area contributed by atoms with Crippen LogP contribution >= 0.6 is 0 Å². The van der Waals surface area contributed by atoms with Crippen LogP contribution in [0.1, 0.15) is 18.9 Å².